The Labute approximate surface area is 194 Å². The molecule has 4 N–H and O–H groups in total. The molecule has 1 saturated heterocycles. The summed E-state index contributed by atoms with van der Waals surface area (Å²) < 4.78 is 2.77. The van der Waals surface area contributed by atoms with Crippen molar-refractivity contribution >= 4 is 44.6 Å². The first kappa shape index (κ1) is 22.1. The van der Waals surface area contributed by atoms with Crippen molar-refractivity contribution in [2.75, 3.05) is 18.4 Å². The van der Waals surface area contributed by atoms with E-state index in [1.165, 1.54) is 0 Å². The van der Waals surface area contributed by atoms with Gasteiger partial charge >= 0.3 is 6.03 Å². The highest BCUT2D eigenvalue weighted by Crippen LogP contribution is 2.29. The number of hydrogen-bond donors (Lipinski definition) is 3. The molecule has 0 radical (unpaired) electrons. The first-order valence-corrected chi connectivity index (χ1v) is 11.4. The third-order valence-electron chi connectivity index (χ3n) is 5.78. The van der Waals surface area contributed by atoms with Gasteiger partial charge in [0.15, 0.2) is 5.65 Å². The number of halogens is 1. The van der Waals surface area contributed by atoms with Gasteiger partial charge in [-0.3, -0.25) is 4.79 Å². The van der Waals surface area contributed by atoms with Crippen molar-refractivity contribution in [3.8, 4) is 0 Å². The van der Waals surface area contributed by atoms with Crippen LogP contribution in [0.2, 0.25) is 0 Å². The van der Waals surface area contributed by atoms with Crippen LogP contribution >= 0.6 is 15.9 Å². The molecular weight excluding hydrogens is 474 g/mol. The lowest BCUT2D eigenvalue weighted by Gasteiger charge is -2.20. The Morgan fingerprint density at radius 3 is 2.69 bits per heavy atom. The summed E-state index contributed by atoms with van der Waals surface area (Å²) >= 11 is 3.43. The number of urea groups is 1. The maximum Gasteiger partial charge on any atom is 0.314 e. The fourth-order valence-electron chi connectivity index (χ4n) is 3.98. The van der Waals surface area contributed by atoms with Gasteiger partial charge in [0.25, 0.3) is 5.91 Å². The largest absolute Gasteiger partial charge is 0.379 e. The number of amides is 3. The van der Waals surface area contributed by atoms with Gasteiger partial charge in [0.05, 0.1) is 28.9 Å². The molecule has 0 spiro atoms. The van der Waals surface area contributed by atoms with Gasteiger partial charge < -0.3 is 21.3 Å². The molecule has 9 nitrogen and oxygen atoms in total. The molecule has 2 aromatic heterocycles. The lowest BCUT2D eigenvalue weighted by Crippen LogP contribution is -2.35. The monoisotopic (exact) mass is 499 g/mol. The molecule has 4 rings (SSSR count). The number of rotatable bonds is 6. The standard InChI is InChI=1S/C22H26BrN7O2/c1-3-30-20-17(11-26-30)19(28-16-8-9-29(12-16)22(24)32)18(10-25-20)21(31)27-13(2)14-4-6-15(23)7-5-14/h4-7,10-11,13,16H,3,8-9,12H2,1-2H3,(H2,24,32)(H,25,28)(H,27,31)/t13-,16-/m1/s1. The van der Waals surface area contributed by atoms with Crippen LogP contribution in [-0.4, -0.2) is 50.7 Å². The number of carbonyl (C=O) groups is 2. The van der Waals surface area contributed by atoms with Crippen LogP contribution in [0, 0.1) is 0 Å². The molecule has 10 heteroatoms. The number of nitrogens with zero attached hydrogens (tertiary/aromatic N) is 4. The van der Waals surface area contributed by atoms with Crippen LogP contribution in [0.1, 0.15) is 42.2 Å². The number of aryl methyl sites for hydroxylation is 1. The number of carbonyl (C=O) groups excluding carboxylic acids is 2. The molecule has 3 aromatic rings. The number of nitrogens with two attached hydrogens (primary N) is 1. The summed E-state index contributed by atoms with van der Waals surface area (Å²) in [6.45, 7) is 5.66. The molecular formula is C22H26BrN7O2. The van der Waals surface area contributed by atoms with Crippen LogP contribution in [0.5, 0.6) is 0 Å². The number of primary amides is 1. The Bertz CT molecular complexity index is 1150. The Morgan fingerprint density at radius 1 is 1.28 bits per heavy atom. The predicted molar refractivity (Wildman–Crippen MR) is 126 cm³/mol. The Kier molecular flexibility index (Phi) is 6.31. The SMILES string of the molecule is CCn1ncc2c(N[C@@H]3CCN(C(N)=O)C3)c(C(=O)N[C@H](C)c3ccc(Br)cc3)cnc21. The lowest BCUT2D eigenvalue weighted by molar-refractivity contribution is 0.0940. The second-order valence-corrected chi connectivity index (χ2v) is 8.82. The fraction of sp³-hybridized carbons (Fsp3) is 0.364. The van der Waals surface area contributed by atoms with Crippen molar-refractivity contribution in [1.82, 2.24) is 25.0 Å². The zero-order valence-electron chi connectivity index (χ0n) is 18.0. The zero-order valence-corrected chi connectivity index (χ0v) is 19.6. The fourth-order valence-corrected chi connectivity index (χ4v) is 4.24. The van der Waals surface area contributed by atoms with Crippen LogP contribution in [0.4, 0.5) is 10.5 Å². The van der Waals surface area contributed by atoms with E-state index in [1.54, 1.807) is 22.0 Å². The molecule has 0 unspecified atom stereocenters. The van der Waals surface area contributed by atoms with Crippen LogP contribution in [0.15, 0.2) is 41.1 Å². The Hall–Kier alpha value is -3.14. The topological polar surface area (TPSA) is 118 Å². The van der Waals surface area contributed by atoms with Crippen LogP contribution < -0.4 is 16.4 Å². The molecule has 3 heterocycles. The van der Waals surface area contributed by atoms with Crippen molar-refractivity contribution in [3.63, 3.8) is 0 Å². The summed E-state index contributed by atoms with van der Waals surface area (Å²) in [6, 6.07) is 7.19. The van der Waals surface area contributed by atoms with Gasteiger partial charge in [0, 0.05) is 36.3 Å². The number of hydrogen-bond acceptors (Lipinski definition) is 5. The molecule has 168 valence electrons. The van der Waals surface area contributed by atoms with E-state index in [9.17, 15) is 9.59 Å². The van der Waals surface area contributed by atoms with Gasteiger partial charge in [-0.2, -0.15) is 5.10 Å². The van der Waals surface area contributed by atoms with Crippen molar-refractivity contribution in [3.05, 3.63) is 52.3 Å². The Balaban J connectivity index is 1.64. The highest BCUT2D eigenvalue weighted by Gasteiger charge is 2.27. The molecule has 32 heavy (non-hydrogen) atoms. The lowest BCUT2D eigenvalue weighted by atomic mass is 10.1. The summed E-state index contributed by atoms with van der Waals surface area (Å²) in [6.07, 6.45) is 4.05. The average Bonchev–Trinajstić information content (AvgIpc) is 3.41. The number of likely N-dealkylation sites (tertiary alicyclic amines) is 1. The summed E-state index contributed by atoms with van der Waals surface area (Å²) in [5.74, 6) is -0.230. The van der Waals surface area contributed by atoms with Gasteiger partial charge in [-0.1, -0.05) is 28.1 Å². The van der Waals surface area contributed by atoms with E-state index in [2.05, 4.69) is 36.6 Å². The number of anilines is 1. The number of benzene rings is 1. The predicted octanol–water partition coefficient (Wildman–Crippen LogP) is 3.27. The molecule has 1 aliphatic rings. The minimum Gasteiger partial charge on any atom is -0.379 e. The van der Waals surface area contributed by atoms with Gasteiger partial charge in [0.2, 0.25) is 0 Å². The quantitative estimate of drug-likeness (QED) is 0.480. The normalized spacial score (nSPS) is 16.8. The summed E-state index contributed by atoms with van der Waals surface area (Å²) in [7, 11) is 0. The van der Waals surface area contributed by atoms with E-state index in [0.29, 0.717) is 36.5 Å². The third-order valence-corrected chi connectivity index (χ3v) is 6.31. The second-order valence-electron chi connectivity index (χ2n) is 7.91. The Morgan fingerprint density at radius 2 is 2.03 bits per heavy atom. The highest BCUT2D eigenvalue weighted by molar-refractivity contribution is 9.10. The molecule has 0 aliphatic carbocycles. The average molecular weight is 500 g/mol. The van der Waals surface area contributed by atoms with Crippen molar-refractivity contribution in [1.29, 1.82) is 0 Å². The van der Waals surface area contributed by atoms with E-state index in [4.69, 9.17) is 5.73 Å². The van der Waals surface area contributed by atoms with Crippen LogP contribution in [0.3, 0.4) is 0 Å². The second kappa shape index (κ2) is 9.15. The van der Waals surface area contributed by atoms with Gasteiger partial charge in [0.1, 0.15) is 0 Å². The van der Waals surface area contributed by atoms with Crippen LogP contribution in [-0.2, 0) is 6.54 Å². The number of aromatic nitrogens is 3. The van der Waals surface area contributed by atoms with E-state index in [1.807, 2.05) is 38.1 Å². The summed E-state index contributed by atoms with van der Waals surface area (Å²) in [5, 5.41) is 11.7. The molecule has 1 aliphatic heterocycles. The first-order chi connectivity index (χ1) is 15.4. The molecule has 2 atom stereocenters. The van der Waals surface area contributed by atoms with E-state index >= 15 is 0 Å². The van der Waals surface area contributed by atoms with E-state index < -0.39 is 6.03 Å². The molecule has 0 saturated carbocycles. The molecule has 1 aromatic carbocycles. The van der Waals surface area contributed by atoms with E-state index in [0.717, 1.165) is 21.8 Å². The smallest absolute Gasteiger partial charge is 0.314 e. The first-order valence-electron chi connectivity index (χ1n) is 10.6. The summed E-state index contributed by atoms with van der Waals surface area (Å²) in [4.78, 5) is 30.9. The highest BCUT2D eigenvalue weighted by atomic mass is 79.9. The van der Waals surface area contributed by atoms with E-state index in [-0.39, 0.29) is 18.0 Å². The van der Waals surface area contributed by atoms with Gasteiger partial charge in [-0.05, 0) is 38.0 Å². The third kappa shape index (κ3) is 4.40. The van der Waals surface area contributed by atoms with Crippen molar-refractivity contribution < 1.29 is 9.59 Å². The maximum absolute atomic E-state index is 13.3. The number of nitrogens with one attached hydrogen (secondary N) is 2. The van der Waals surface area contributed by atoms with Crippen LogP contribution in [0.25, 0.3) is 11.0 Å². The van der Waals surface area contributed by atoms with Crippen molar-refractivity contribution in [2.45, 2.75) is 38.9 Å². The van der Waals surface area contributed by atoms with Crippen molar-refractivity contribution in [2.24, 2.45) is 5.73 Å². The van der Waals surface area contributed by atoms with Gasteiger partial charge in [-0.15, -0.1) is 0 Å². The zero-order chi connectivity index (χ0) is 22.8. The maximum atomic E-state index is 13.3. The minimum absolute atomic E-state index is 0.0199. The molecule has 0 bridgehead atoms. The molecule has 3 amide bonds. The summed E-state index contributed by atoms with van der Waals surface area (Å²) in [5.41, 5.74) is 8.25. The number of fused-ring (bicyclic) bond motifs is 1. The number of pyridine rings is 1. The molecule has 1 fully saturated rings. The minimum atomic E-state index is -0.436. The van der Waals surface area contributed by atoms with Gasteiger partial charge in [-0.25, -0.2) is 14.5 Å².